The normalized spacial score (nSPS) is 16.9. The third-order valence-corrected chi connectivity index (χ3v) is 5.28. The van der Waals surface area contributed by atoms with Gasteiger partial charge in [-0.25, -0.2) is 0 Å². The fourth-order valence-corrected chi connectivity index (χ4v) is 3.78. The van der Waals surface area contributed by atoms with Gasteiger partial charge in [-0.15, -0.1) is 0 Å². The van der Waals surface area contributed by atoms with E-state index in [0.717, 1.165) is 27.6 Å². The van der Waals surface area contributed by atoms with E-state index in [4.69, 9.17) is 0 Å². The lowest BCUT2D eigenvalue weighted by atomic mass is 9.96. The summed E-state index contributed by atoms with van der Waals surface area (Å²) in [5.41, 5.74) is 4.07. The van der Waals surface area contributed by atoms with Crippen molar-refractivity contribution in [2.75, 3.05) is 13.1 Å². The quantitative estimate of drug-likeness (QED) is 0.681. The summed E-state index contributed by atoms with van der Waals surface area (Å²) in [5, 5.41) is 5.27. The number of pyridine rings is 1. The maximum Gasteiger partial charge on any atom is 0.391 e. The van der Waals surface area contributed by atoms with Crippen molar-refractivity contribution in [3.8, 4) is 11.1 Å². The van der Waals surface area contributed by atoms with Crippen molar-refractivity contribution in [3.05, 3.63) is 48.4 Å². The molecule has 1 aliphatic rings. The van der Waals surface area contributed by atoms with Crippen LogP contribution in [-0.4, -0.2) is 38.9 Å². The number of nitrogens with zero attached hydrogens (tertiary/aromatic N) is 4. The molecule has 0 spiro atoms. The molecular weight excluding hydrogens is 353 g/mol. The zero-order valence-corrected chi connectivity index (χ0v) is 15.1. The van der Waals surface area contributed by atoms with Crippen molar-refractivity contribution >= 4 is 10.9 Å². The molecule has 7 heteroatoms. The molecule has 4 rings (SSSR count). The van der Waals surface area contributed by atoms with Crippen LogP contribution in [0.15, 0.2) is 42.9 Å². The van der Waals surface area contributed by atoms with Crippen molar-refractivity contribution in [2.24, 2.45) is 13.0 Å². The number of piperidine rings is 1. The van der Waals surface area contributed by atoms with E-state index in [1.54, 1.807) is 10.9 Å². The molecule has 0 N–H and O–H groups in total. The Morgan fingerprint density at radius 1 is 1.15 bits per heavy atom. The van der Waals surface area contributed by atoms with Gasteiger partial charge in [-0.05, 0) is 49.2 Å². The molecule has 0 unspecified atom stereocenters. The van der Waals surface area contributed by atoms with Gasteiger partial charge in [0, 0.05) is 36.9 Å². The Hall–Kier alpha value is -2.41. The largest absolute Gasteiger partial charge is 0.391 e. The van der Waals surface area contributed by atoms with Crippen molar-refractivity contribution in [1.29, 1.82) is 0 Å². The van der Waals surface area contributed by atoms with Crippen LogP contribution in [0.25, 0.3) is 22.0 Å². The molecule has 1 aromatic carbocycles. The van der Waals surface area contributed by atoms with Crippen molar-refractivity contribution in [3.63, 3.8) is 0 Å². The van der Waals surface area contributed by atoms with E-state index in [0.29, 0.717) is 19.6 Å². The first kappa shape index (κ1) is 18.0. The highest BCUT2D eigenvalue weighted by Crippen LogP contribution is 2.34. The highest BCUT2D eigenvalue weighted by atomic mass is 19.4. The van der Waals surface area contributed by atoms with Gasteiger partial charge in [0.25, 0.3) is 0 Å². The first-order valence-corrected chi connectivity index (χ1v) is 9.06. The van der Waals surface area contributed by atoms with Gasteiger partial charge in [0.1, 0.15) is 0 Å². The first-order valence-electron chi connectivity index (χ1n) is 9.06. The van der Waals surface area contributed by atoms with E-state index in [9.17, 15) is 13.2 Å². The maximum absolute atomic E-state index is 12.8. The van der Waals surface area contributed by atoms with Gasteiger partial charge < -0.3 is 0 Å². The zero-order chi connectivity index (χ0) is 19.0. The molecule has 0 radical (unpaired) electrons. The van der Waals surface area contributed by atoms with E-state index in [-0.39, 0.29) is 12.8 Å². The SMILES string of the molecule is Cn1cc(-c2ccnc3cc(CN4CCC(C(F)(F)F)CC4)ccc23)cn1. The van der Waals surface area contributed by atoms with Gasteiger partial charge in [-0.1, -0.05) is 12.1 Å². The summed E-state index contributed by atoms with van der Waals surface area (Å²) >= 11 is 0. The number of rotatable bonds is 3. The molecule has 0 aliphatic carbocycles. The average molecular weight is 374 g/mol. The number of halogens is 3. The molecule has 1 saturated heterocycles. The summed E-state index contributed by atoms with van der Waals surface area (Å²) < 4.78 is 40.2. The van der Waals surface area contributed by atoms with Gasteiger partial charge in [0.05, 0.1) is 17.6 Å². The molecule has 3 aromatic rings. The van der Waals surface area contributed by atoms with E-state index in [1.165, 1.54) is 0 Å². The number of aromatic nitrogens is 3. The van der Waals surface area contributed by atoms with E-state index in [2.05, 4.69) is 15.0 Å². The topological polar surface area (TPSA) is 34.0 Å². The number of hydrogen-bond donors (Lipinski definition) is 0. The summed E-state index contributed by atoms with van der Waals surface area (Å²) in [6.07, 6.45) is 1.87. The molecule has 1 fully saturated rings. The van der Waals surface area contributed by atoms with Crippen LogP contribution in [0.3, 0.4) is 0 Å². The van der Waals surface area contributed by atoms with Crippen LogP contribution in [0.5, 0.6) is 0 Å². The third-order valence-electron chi connectivity index (χ3n) is 5.28. The average Bonchev–Trinajstić information content (AvgIpc) is 3.07. The molecule has 0 saturated carbocycles. The van der Waals surface area contributed by atoms with Crippen LogP contribution in [0, 0.1) is 5.92 Å². The Kier molecular flexibility index (Phi) is 4.63. The van der Waals surface area contributed by atoms with Crippen LogP contribution >= 0.6 is 0 Å². The number of hydrogen-bond acceptors (Lipinski definition) is 3. The Morgan fingerprint density at radius 2 is 1.93 bits per heavy atom. The second-order valence-corrected chi connectivity index (χ2v) is 7.20. The molecule has 142 valence electrons. The lowest BCUT2D eigenvalue weighted by molar-refractivity contribution is -0.185. The summed E-state index contributed by atoms with van der Waals surface area (Å²) in [6, 6.07) is 8.09. The minimum atomic E-state index is -4.07. The number of likely N-dealkylation sites (tertiary alicyclic amines) is 1. The first-order chi connectivity index (χ1) is 12.9. The zero-order valence-electron chi connectivity index (χ0n) is 15.1. The summed E-state index contributed by atoms with van der Waals surface area (Å²) in [5.74, 6) is -1.16. The molecule has 0 amide bonds. The number of alkyl halides is 3. The Balaban J connectivity index is 1.51. The molecule has 27 heavy (non-hydrogen) atoms. The van der Waals surface area contributed by atoms with Gasteiger partial charge in [-0.3, -0.25) is 14.6 Å². The standard InChI is InChI=1S/C20H21F3N4/c1-26-13-15(11-25-26)17-4-7-24-19-10-14(2-3-18(17)19)12-27-8-5-16(6-9-27)20(21,22)23/h2-4,7,10-11,13,16H,5-6,8-9,12H2,1H3. The summed E-state index contributed by atoms with van der Waals surface area (Å²) in [7, 11) is 1.88. The highest BCUT2D eigenvalue weighted by Gasteiger charge is 2.40. The van der Waals surface area contributed by atoms with Gasteiger partial charge >= 0.3 is 6.18 Å². The van der Waals surface area contributed by atoms with E-state index >= 15 is 0 Å². The van der Waals surface area contributed by atoms with Crippen LogP contribution < -0.4 is 0 Å². The van der Waals surface area contributed by atoms with Gasteiger partial charge in [0.15, 0.2) is 0 Å². The minimum Gasteiger partial charge on any atom is -0.299 e. The fourth-order valence-electron chi connectivity index (χ4n) is 3.78. The fraction of sp³-hybridized carbons (Fsp3) is 0.400. The van der Waals surface area contributed by atoms with E-state index < -0.39 is 12.1 Å². The lowest BCUT2D eigenvalue weighted by Gasteiger charge is -2.32. The van der Waals surface area contributed by atoms with Gasteiger partial charge in [0.2, 0.25) is 0 Å². The van der Waals surface area contributed by atoms with Crippen LogP contribution in [-0.2, 0) is 13.6 Å². The van der Waals surface area contributed by atoms with Gasteiger partial charge in [-0.2, -0.15) is 18.3 Å². The Bertz CT molecular complexity index is 940. The van der Waals surface area contributed by atoms with Crippen molar-refractivity contribution in [1.82, 2.24) is 19.7 Å². The Labute approximate surface area is 155 Å². The molecule has 4 nitrogen and oxygen atoms in total. The highest BCUT2D eigenvalue weighted by molar-refractivity contribution is 5.94. The van der Waals surface area contributed by atoms with Crippen molar-refractivity contribution in [2.45, 2.75) is 25.6 Å². The molecule has 1 aliphatic heterocycles. The third kappa shape index (κ3) is 3.83. The molecule has 3 heterocycles. The smallest absolute Gasteiger partial charge is 0.299 e. The second kappa shape index (κ2) is 6.96. The van der Waals surface area contributed by atoms with E-state index in [1.807, 2.05) is 43.7 Å². The molecular formula is C20H21F3N4. The van der Waals surface area contributed by atoms with Crippen LogP contribution in [0.1, 0.15) is 18.4 Å². The summed E-state index contributed by atoms with van der Waals surface area (Å²) in [4.78, 5) is 6.57. The summed E-state index contributed by atoms with van der Waals surface area (Å²) in [6.45, 7) is 1.61. The van der Waals surface area contributed by atoms with Crippen molar-refractivity contribution < 1.29 is 13.2 Å². The number of fused-ring (bicyclic) bond motifs is 1. The predicted octanol–water partition coefficient (Wildman–Crippen LogP) is 4.41. The number of benzene rings is 1. The predicted molar refractivity (Wildman–Crippen MR) is 98.0 cm³/mol. The molecule has 2 aromatic heterocycles. The molecule has 0 atom stereocenters. The monoisotopic (exact) mass is 374 g/mol. The minimum absolute atomic E-state index is 0.181. The molecule has 0 bridgehead atoms. The number of aryl methyl sites for hydroxylation is 1. The maximum atomic E-state index is 12.8. The van der Waals surface area contributed by atoms with Crippen LogP contribution in [0.2, 0.25) is 0 Å². The second-order valence-electron chi connectivity index (χ2n) is 7.20. The van der Waals surface area contributed by atoms with Crippen LogP contribution in [0.4, 0.5) is 13.2 Å². The Morgan fingerprint density at radius 3 is 2.59 bits per heavy atom. The lowest BCUT2D eigenvalue weighted by Crippen LogP contribution is -2.38.